The minimum absolute atomic E-state index is 0.0522. The van der Waals surface area contributed by atoms with Gasteiger partial charge in [0.15, 0.2) is 0 Å². The largest absolute Gasteiger partial charge is 0.483 e. The van der Waals surface area contributed by atoms with Crippen molar-refractivity contribution in [1.29, 1.82) is 0 Å². The molecule has 5 aliphatic rings. The Labute approximate surface area is 327 Å². The van der Waals surface area contributed by atoms with Crippen molar-refractivity contribution in [2.75, 3.05) is 26.7 Å². The number of amides is 1. The monoisotopic (exact) mass is 741 g/mol. The summed E-state index contributed by atoms with van der Waals surface area (Å²) in [6, 6.07) is 7.56. The number of carboxylic acid groups (broad SMARTS) is 2. The van der Waals surface area contributed by atoms with Gasteiger partial charge in [-0.25, -0.2) is 4.79 Å². The smallest absolute Gasteiger partial charge is 0.335 e. The van der Waals surface area contributed by atoms with Crippen LogP contribution in [0.5, 0.6) is 0 Å². The van der Waals surface area contributed by atoms with Gasteiger partial charge in [0.25, 0.3) is 6.47 Å². The van der Waals surface area contributed by atoms with Gasteiger partial charge in [-0.1, -0.05) is 58.4 Å². The van der Waals surface area contributed by atoms with E-state index in [2.05, 4.69) is 96.2 Å². The number of aromatic carboxylic acids is 1. The van der Waals surface area contributed by atoms with Crippen molar-refractivity contribution in [1.82, 2.24) is 10.2 Å². The summed E-state index contributed by atoms with van der Waals surface area (Å²) in [5, 5.41) is 19.7. The van der Waals surface area contributed by atoms with Crippen LogP contribution in [0.15, 0.2) is 43.0 Å². The molecule has 54 heavy (non-hydrogen) atoms. The van der Waals surface area contributed by atoms with Gasteiger partial charge in [-0.15, -0.1) is 45.1 Å². The molecule has 0 spiro atoms. The Bertz CT molecular complexity index is 1430. The summed E-state index contributed by atoms with van der Waals surface area (Å²) in [5.41, 5.74) is 3.18. The van der Waals surface area contributed by atoms with Crippen LogP contribution >= 0.6 is 0 Å². The molecule has 8 atom stereocenters. The molecule has 6 unspecified atom stereocenters. The van der Waals surface area contributed by atoms with E-state index < -0.39 is 5.97 Å². The molecular weight excluding hydrogens is 673 g/mol. The highest BCUT2D eigenvalue weighted by Crippen LogP contribution is 2.69. The number of benzene rings is 1. The number of rotatable bonds is 7. The molecule has 0 aliphatic heterocycles. The normalized spacial score (nSPS) is 30.5. The number of allylic oxidation sites excluding steroid dienone is 3. The lowest BCUT2D eigenvalue weighted by atomic mass is 9.40. The summed E-state index contributed by atoms with van der Waals surface area (Å²) in [7, 11) is 2.13. The van der Waals surface area contributed by atoms with Gasteiger partial charge < -0.3 is 20.4 Å². The van der Waals surface area contributed by atoms with Gasteiger partial charge in [-0.2, -0.15) is 0 Å². The Kier molecular flexibility index (Phi) is 19.6. The SMILES string of the molecule is C#C.C#C.C#C.C=CC.CCN(C)CCNC(=O)[C@]12CCCC1C1CCC3C(CCC4C(C)(C)C(c5ccc(C(=O)O)cc5)=CC[C@]34C)C1CC2.O=CO. The minimum atomic E-state index is -0.863. The lowest BCUT2D eigenvalue weighted by Crippen LogP contribution is -2.58. The molecule has 1 aromatic carbocycles. The summed E-state index contributed by atoms with van der Waals surface area (Å²) >= 11 is 0. The van der Waals surface area contributed by atoms with E-state index in [0.29, 0.717) is 28.7 Å². The summed E-state index contributed by atoms with van der Waals surface area (Å²) in [4.78, 5) is 35.8. The predicted molar refractivity (Wildman–Crippen MR) is 223 cm³/mol. The number of fused-ring (bicyclic) bond motifs is 7. The maximum atomic E-state index is 13.8. The zero-order valence-electron chi connectivity index (χ0n) is 33.9. The predicted octanol–water partition coefficient (Wildman–Crippen LogP) is 9.16. The second kappa shape index (κ2) is 22.2. The maximum Gasteiger partial charge on any atom is 0.335 e. The molecule has 0 saturated heterocycles. The standard InChI is InChI=1S/C37H54N2O3.C3H6.3C2H2.CH2O2/c1-6-39(5)23-22-38-34(42)37-19-7-8-31(37)28-13-15-30-27(26(28)17-21-37)14-16-32-35(2,3)29(18-20-36(30,32)4)24-9-11-25(12-10-24)33(40)41;1-3-2;3*1-2;2-1-3/h9-12,18,26-28,30-32H,6-8,13-17,19-23H2,1-5H3,(H,38,42)(H,40,41);3H,1H2,2H3;3*1-2H;1H,(H,2,3)/t26?,27?,28?,30?,31?,32?,36-,37+;;;;;/m1...../s1. The third-order valence-corrected chi connectivity index (χ3v) is 13.7. The van der Waals surface area contributed by atoms with Crippen LogP contribution in [0, 0.1) is 90.3 Å². The molecule has 7 nitrogen and oxygen atoms in total. The molecule has 0 heterocycles. The number of nitrogens with one attached hydrogen (secondary N) is 1. The zero-order valence-corrected chi connectivity index (χ0v) is 33.9. The lowest BCUT2D eigenvalue weighted by molar-refractivity contribution is -0.151. The van der Waals surface area contributed by atoms with Crippen molar-refractivity contribution in [2.45, 2.75) is 98.8 Å². The summed E-state index contributed by atoms with van der Waals surface area (Å²) < 4.78 is 0. The molecule has 5 aliphatic carbocycles. The second-order valence-corrected chi connectivity index (χ2v) is 16.1. The second-order valence-electron chi connectivity index (χ2n) is 16.1. The first kappa shape index (κ1) is 47.8. The number of hydrogen-bond acceptors (Lipinski definition) is 4. The van der Waals surface area contributed by atoms with Gasteiger partial charge in [0, 0.05) is 13.1 Å². The van der Waals surface area contributed by atoms with Gasteiger partial charge in [0.1, 0.15) is 0 Å². The van der Waals surface area contributed by atoms with E-state index in [1.54, 1.807) is 18.2 Å². The van der Waals surface area contributed by atoms with Gasteiger partial charge in [0.05, 0.1) is 11.0 Å². The van der Waals surface area contributed by atoms with E-state index in [0.717, 1.165) is 62.6 Å². The number of terminal acetylenes is 3. The minimum Gasteiger partial charge on any atom is -0.483 e. The molecule has 6 rings (SSSR count). The lowest BCUT2D eigenvalue weighted by Gasteiger charge is -2.64. The first-order valence-corrected chi connectivity index (χ1v) is 19.5. The fourth-order valence-electron chi connectivity index (χ4n) is 11.6. The van der Waals surface area contributed by atoms with E-state index in [1.807, 2.05) is 19.1 Å². The third-order valence-electron chi connectivity index (χ3n) is 13.7. The Balaban J connectivity index is 0.00000109. The molecule has 4 saturated carbocycles. The Morgan fingerprint density at radius 2 is 1.46 bits per heavy atom. The quantitative estimate of drug-likeness (QED) is 0.146. The van der Waals surface area contributed by atoms with Crippen LogP contribution in [0.1, 0.15) is 115 Å². The van der Waals surface area contributed by atoms with Crippen molar-refractivity contribution in [3.63, 3.8) is 0 Å². The number of likely N-dealkylation sites (N-methyl/N-ethyl adjacent to an activating group) is 1. The molecule has 0 aromatic heterocycles. The van der Waals surface area contributed by atoms with E-state index in [9.17, 15) is 14.7 Å². The first-order chi connectivity index (χ1) is 25.9. The molecular formula is C47H68N2O5. The van der Waals surface area contributed by atoms with Crippen LogP contribution in [0.25, 0.3) is 5.57 Å². The first-order valence-electron chi connectivity index (χ1n) is 19.5. The van der Waals surface area contributed by atoms with Gasteiger partial charge in [0.2, 0.25) is 5.91 Å². The van der Waals surface area contributed by atoms with Crippen LogP contribution in [0.4, 0.5) is 0 Å². The number of carbonyl (C=O) groups is 3. The average Bonchev–Trinajstić information content (AvgIpc) is 3.64. The fraction of sp³-hybridized carbons (Fsp3) is 0.596. The number of hydrogen-bond donors (Lipinski definition) is 3. The van der Waals surface area contributed by atoms with E-state index in [1.165, 1.54) is 56.1 Å². The highest BCUT2D eigenvalue weighted by molar-refractivity contribution is 5.88. The molecule has 1 aromatic rings. The molecule has 0 radical (unpaired) electrons. The highest BCUT2D eigenvalue weighted by atomic mass is 16.4. The zero-order chi connectivity index (χ0) is 41.3. The van der Waals surface area contributed by atoms with Crippen LogP contribution < -0.4 is 5.32 Å². The van der Waals surface area contributed by atoms with Crippen molar-refractivity contribution in [3.05, 3.63) is 54.1 Å². The van der Waals surface area contributed by atoms with Crippen LogP contribution in [-0.4, -0.2) is 60.1 Å². The van der Waals surface area contributed by atoms with Crippen molar-refractivity contribution in [3.8, 4) is 38.5 Å². The molecule has 1 amide bonds. The number of carboxylic acids is 1. The summed E-state index contributed by atoms with van der Waals surface area (Å²) in [6.45, 7) is 17.4. The van der Waals surface area contributed by atoms with E-state index in [4.69, 9.17) is 9.90 Å². The van der Waals surface area contributed by atoms with Gasteiger partial charge in [-0.05, 0) is 148 Å². The molecule has 3 N–H and O–H groups in total. The van der Waals surface area contributed by atoms with Crippen molar-refractivity contribution in [2.24, 2.45) is 51.8 Å². The molecule has 7 heteroatoms. The maximum absolute atomic E-state index is 13.8. The number of carbonyl (C=O) groups excluding carboxylic acids is 1. The van der Waals surface area contributed by atoms with Crippen LogP contribution in [-0.2, 0) is 9.59 Å². The molecule has 4 fully saturated rings. The highest BCUT2D eigenvalue weighted by Gasteiger charge is 2.62. The van der Waals surface area contributed by atoms with Crippen molar-refractivity contribution >= 4 is 23.9 Å². The van der Waals surface area contributed by atoms with E-state index in [-0.39, 0.29) is 17.3 Å². The van der Waals surface area contributed by atoms with Gasteiger partial charge >= 0.3 is 5.97 Å². The molecule has 296 valence electrons. The van der Waals surface area contributed by atoms with E-state index >= 15 is 0 Å². The Hall–Kier alpha value is -4.25. The summed E-state index contributed by atoms with van der Waals surface area (Å²) in [5.74, 6) is 3.78. The third kappa shape index (κ3) is 9.88. The van der Waals surface area contributed by atoms with Crippen LogP contribution in [0.3, 0.4) is 0 Å². The summed E-state index contributed by atoms with van der Waals surface area (Å²) in [6.07, 6.45) is 40.5. The van der Waals surface area contributed by atoms with Gasteiger partial charge in [-0.3, -0.25) is 9.59 Å². The molecule has 0 bridgehead atoms. The number of nitrogens with zero attached hydrogens (tertiary/aromatic N) is 1. The Morgan fingerprint density at radius 1 is 0.907 bits per heavy atom. The van der Waals surface area contributed by atoms with Crippen LogP contribution in [0.2, 0.25) is 0 Å². The Morgan fingerprint density at radius 3 is 2.02 bits per heavy atom. The van der Waals surface area contributed by atoms with Crippen molar-refractivity contribution < 1.29 is 24.6 Å². The topological polar surface area (TPSA) is 107 Å². The average molecular weight is 741 g/mol. The fourth-order valence-corrected chi connectivity index (χ4v) is 11.6.